The van der Waals surface area contributed by atoms with Crippen molar-refractivity contribution in [1.29, 1.82) is 0 Å². The van der Waals surface area contributed by atoms with Gasteiger partial charge in [-0.2, -0.15) is 13.2 Å². The number of alkyl halides is 3. The number of fused-ring (bicyclic) bond motifs is 2. The number of ether oxygens (including phenoxy) is 1. The molecule has 3 aliphatic rings. The molecule has 0 aromatic heterocycles. The lowest BCUT2D eigenvalue weighted by atomic mass is 9.84. The maximum atomic E-state index is 12.7. The van der Waals surface area contributed by atoms with Crippen molar-refractivity contribution >= 4 is 0 Å². The third-order valence-electron chi connectivity index (χ3n) is 4.69. The molecule has 18 heavy (non-hydrogen) atoms. The second kappa shape index (κ2) is 4.67. The third kappa shape index (κ3) is 2.52. The lowest BCUT2D eigenvalue weighted by Crippen LogP contribution is -2.47. The van der Waals surface area contributed by atoms with Gasteiger partial charge in [-0.3, -0.25) is 0 Å². The zero-order chi connectivity index (χ0) is 12.8. The molecule has 5 atom stereocenters. The zero-order valence-corrected chi connectivity index (χ0v) is 10.4. The Bertz CT molecular complexity index is 307. The van der Waals surface area contributed by atoms with Gasteiger partial charge in [-0.25, -0.2) is 0 Å². The van der Waals surface area contributed by atoms with Gasteiger partial charge >= 0.3 is 6.18 Å². The van der Waals surface area contributed by atoms with E-state index in [1.807, 2.05) is 0 Å². The van der Waals surface area contributed by atoms with Crippen LogP contribution < -0.4 is 5.32 Å². The van der Waals surface area contributed by atoms with Crippen LogP contribution in [-0.2, 0) is 4.74 Å². The quantitative estimate of drug-likeness (QED) is 0.827. The second-order valence-corrected chi connectivity index (χ2v) is 5.98. The SMILES string of the molecule is FC(F)(F)[C@@H]1CCC[C@H](N[C@@H]2C[C@H]3CC[C@@H]2O3)C1. The van der Waals surface area contributed by atoms with Crippen molar-refractivity contribution < 1.29 is 17.9 Å². The Kier molecular flexibility index (Phi) is 3.30. The molecule has 1 saturated carbocycles. The van der Waals surface area contributed by atoms with E-state index in [1.54, 1.807) is 0 Å². The Labute approximate surface area is 105 Å². The highest BCUT2D eigenvalue weighted by molar-refractivity contribution is 4.96. The summed E-state index contributed by atoms with van der Waals surface area (Å²) in [5.74, 6) is -1.11. The van der Waals surface area contributed by atoms with Gasteiger partial charge in [-0.05, 0) is 38.5 Å². The second-order valence-electron chi connectivity index (χ2n) is 5.98. The summed E-state index contributed by atoms with van der Waals surface area (Å²) in [6.07, 6.45) is 1.87. The van der Waals surface area contributed by atoms with E-state index in [9.17, 15) is 13.2 Å². The van der Waals surface area contributed by atoms with E-state index in [-0.39, 0.29) is 18.6 Å². The van der Waals surface area contributed by atoms with Gasteiger partial charge in [0.15, 0.2) is 0 Å². The zero-order valence-electron chi connectivity index (χ0n) is 10.4. The van der Waals surface area contributed by atoms with Crippen LogP contribution >= 0.6 is 0 Å². The Morgan fingerprint density at radius 3 is 2.44 bits per heavy atom. The fraction of sp³-hybridized carbons (Fsp3) is 1.00. The Morgan fingerprint density at radius 1 is 1.00 bits per heavy atom. The largest absolute Gasteiger partial charge is 0.391 e. The van der Waals surface area contributed by atoms with Crippen molar-refractivity contribution in [2.24, 2.45) is 5.92 Å². The number of nitrogens with one attached hydrogen (secondary N) is 1. The molecule has 0 aromatic carbocycles. The number of hydrogen-bond donors (Lipinski definition) is 1. The van der Waals surface area contributed by atoms with Gasteiger partial charge in [-0.15, -0.1) is 0 Å². The van der Waals surface area contributed by atoms with Crippen molar-refractivity contribution in [2.45, 2.75) is 75.4 Å². The molecule has 2 nitrogen and oxygen atoms in total. The van der Waals surface area contributed by atoms with Gasteiger partial charge in [0.2, 0.25) is 0 Å². The maximum absolute atomic E-state index is 12.7. The summed E-state index contributed by atoms with van der Waals surface area (Å²) in [6.45, 7) is 0. The molecule has 2 saturated heterocycles. The van der Waals surface area contributed by atoms with E-state index in [0.717, 1.165) is 25.7 Å². The molecule has 2 aliphatic heterocycles. The third-order valence-corrected chi connectivity index (χ3v) is 4.69. The topological polar surface area (TPSA) is 21.3 Å². The minimum absolute atomic E-state index is 0.0262. The van der Waals surface area contributed by atoms with Gasteiger partial charge in [0, 0.05) is 12.1 Å². The molecule has 0 radical (unpaired) electrons. The van der Waals surface area contributed by atoms with Crippen LogP contribution in [0.2, 0.25) is 0 Å². The first-order chi connectivity index (χ1) is 8.52. The Morgan fingerprint density at radius 2 is 1.83 bits per heavy atom. The minimum atomic E-state index is -4.02. The Hall–Kier alpha value is -0.290. The van der Waals surface area contributed by atoms with Crippen molar-refractivity contribution in [3.8, 4) is 0 Å². The number of hydrogen-bond acceptors (Lipinski definition) is 2. The number of halogens is 3. The van der Waals surface area contributed by atoms with Gasteiger partial charge in [-0.1, -0.05) is 6.42 Å². The highest BCUT2D eigenvalue weighted by Gasteiger charge is 2.45. The van der Waals surface area contributed by atoms with Crippen LogP contribution in [0.1, 0.15) is 44.9 Å². The minimum Gasteiger partial charge on any atom is -0.373 e. The predicted octanol–water partition coefficient (Wildman–Crippen LogP) is 3.02. The van der Waals surface area contributed by atoms with Gasteiger partial charge < -0.3 is 10.1 Å². The first-order valence-electron chi connectivity index (χ1n) is 7.00. The van der Waals surface area contributed by atoms with Crippen LogP contribution in [0.15, 0.2) is 0 Å². The molecule has 3 fully saturated rings. The molecule has 1 aliphatic carbocycles. The van der Waals surface area contributed by atoms with Crippen molar-refractivity contribution in [3.63, 3.8) is 0 Å². The molecule has 104 valence electrons. The van der Waals surface area contributed by atoms with E-state index in [4.69, 9.17) is 4.74 Å². The molecule has 2 heterocycles. The predicted molar refractivity (Wildman–Crippen MR) is 61.2 cm³/mol. The van der Waals surface area contributed by atoms with E-state index in [1.165, 1.54) is 0 Å². The summed E-state index contributed by atoms with van der Waals surface area (Å²) < 4.78 is 43.9. The number of rotatable bonds is 2. The summed E-state index contributed by atoms with van der Waals surface area (Å²) >= 11 is 0. The van der Waals surface area contributed by atoms with E-state index in [0.29, 0.717) is 25.0 Å². The van der Waals surface area contributed by atoms with Crippen LogP contribution in [0.4, 0.5) is 13.2 Å². The molecule has 3 rings (SSSR count). The summed E-state index contributed by atoms with van der Waals surface area (Å²) in [6, 6.07) is 0.319. The van der Waals surface area contributed by atoms with E-state index >= 15 is 0 Å². The monoisotopic (exact) mass is 263 g/mol. The molecule has 0 aromatic rings. The van der Waals surface area contributed by atoms with Crippen LogP contribution in [0.3, 0.4) is 0 Å². The molecule has 2 bridgehead atoms. The first kappa shape index (κ1) is 12.7. The van der Waals surface area contributed by atoms with Crippen LogP contribution in [0.5, 0.6) is 0 Å². The molecule has 5 heteroatoms. The fourth-order valence-electron chi connectivity index (χ4n) is 3.75. The van der Waals surface area contributed by atoms with Crippen LogP contribution in [-0.4, -0.2) is 30.5 Å². The molecule has 0 spiro atoms. The first-order valence-corrected chi connectivity index (χ1v) is 7.00. The summed E-state index contributed by atoms with van der Waals surface area (Å²) in [7, 11) is 0. The fourth-order valence-corrected chi connectivity index (χ4v) is 3.75. The Balaban J connectivity index is 1.54. The van der Waals surface area contributed by atoms with Crippen LogP contribution in [0.25, 0.3) is 0 Å². The summed E-state index contributed by atoms with van der Waals surface area (Å²) in [4.78, 5) is 0. The lowest BCUT2D eigenvalue weighted by molar-refractivity contribution is -0.184. The summed E-state index contributed by atoms with van der Waals surface area (Å²) in [5.41, 5.74) is 0. The van der Waals surface area contributed by atoms with E-state index < -0.39 is 12.1 Å². The molecular weight excluding hydrogens is 243 g/mol. The maximum Gasteiger partial charge on any atom is 0.391 e. The average Bonchev–Trinajstić information content (AvgIpc) is 2.90. The normalized spacial score (nSPS) is 44.5. The lowest BCUT2D eigenvalue weighted by Gasteiger charge is -2.34. The average molecular weight is 263 g/mol. The highest BCUT2D eigenvalue weighted by Crippen LogP contribution is 2.39. The van der Waals surface area contributed by atoms with Crippen molar-refractivity contribution in [1.82, 2.24) is 5.32 Å². The van der Waals surface area contributed by atoms with Gasteiger partial charge in [0.25, 0.3) is 0 Å². The molecule has 0 unspecified atom stereocenters. The standard InChI is InChI=1S/C13H20F3NO/c14-13(15,16)8-2-1-3-9(6-8)17-11-7-10-4-5-12(11)18-10/h8-12,17H,1-7H2/t8-,9+,10-,11-,12+/m1/s1. The van der Waals surface area contributed by atoms with Crippen LogP contribution in [0, 0.1) is 5.92 Å². The molecule has 0 amide bonds. The van der Waals surface area contributed by atoms with Crippen molar-refractivity contribution in [2.75, 3.05) is 0 Å². The van der Waals surface area contributed by atoms with Crippen molar-refractivity contribution in [3.05, 3.63) is 0 Å². The highest BCUT2D eigenvalue weighted by atomic mass is 19.4. The summed E-state index contributed by atoms with van der Waals surface area (Å²) in [5, 5.41) is 3.43. The van der Waals surface area contributed by atoms with Gasteiger partial charge in [0.05, 0.1) is 18.1 Å². The molecule has 1 N–H and O–H groups in total. The van der Waals surface area contributed by atoms with Gasteiger partial charge in [0.1, 0.15) is 0 Å². The molecular formula is C13H20F3NO. The smallest absolute Gasteiger partial charge is 0.373 e. The van der Waals surface area contributed by atoms with E-state index in [2.05, 4.69) is 5.32 Å².